The number of anilines is 1. The molecular weight excluding hydrogens is 601 g/mol. The molecule has 5 N–H and O–H groups in total. The molecule has 14 heteroatoms. The van der Waals surface area contributed by atoms with Crippen molar-refractivity contribution in [3.63, 3.8) is 0 Å². The second-order valence-corrected chi connectivity index (χ2v) is 11.1. The minimum Gasteiger partial charge on any atom is -0.406 e. The van der Waals surface area contributed by atoms with Crippen LogP contribution in [0.3, 0.4) is 0 Å². The number of halogens is 3. The fraction of sp³-hybridized carbons (Fsp3) is 0.312. The van der Waals surface area contributed by atoms with Gasteiger partial charge in [0.2, 0.25) is 5.91 Å². The fourth-order valence-corrected chi connectivity index (χ4v) is 5.06. The highest BCUT2D eigenvalue weighted by Crippen LogP contribution is 2.44. The van der Waals surface area contributed by atoms with E-state index in [4.69, 9.17) is 10.8 Å². The van der Waals surface area contributed by atoms with E-state index >= 15 is 0 Å². The van der Waals surface area contributed by atoms with Gasteiger partial charge >= 0.3 is 6.36 Å². The lowest BCUT2D eigenvalue weighted by molar-refractivity contribution is -0.274. The Morgan fingerprint density at radius 2 is 1.91 bits per heavy atom. The highest BCUT2D eigenvalue weighted by atomic mass is 19.4. The first-order valence-electron chi connectivity index (χ1n) is 14.8. The number of amides is 2. The molecule has 2 aromatic carbocycles. The average Bonchev–Trinajstić information content (AvgIpc) is 3.64. The Bertz CT molecular complexity index is 1710. The summed E-state index contributed by atoms with van der Waals surface area (Å²) >= 11 is 0. The van der Waals surface area contributed by atoms with E-state index in [1.807, 2.05) is 24.3 Å². The van der Waals surface area contributed by atoms with Crippen molar-refractivity contribution in [3.8, 4) is 5.75 Å². The molecule has 2 aliphatic rings. The molecule has 0 unspecified atom stereocenters. The number of benzene rings is 2. The molecular formula is C32H33F3N8O3. The molecule has 0 radical (unpaired) electrons. The maximum absolute atomic E-state index is 12.5. The van der Waals surface area contributed by atoms with Crippen LogP contribution < -0.4 is 20.7 Å². The number of carbonyl (C=O) groups excluding carboxylic acids is 2. The van der Waals surface area contributed by atoms with Gasteiger partial charge in [-0.2, -0.15) is 0 Å². The predicted octanol–water partition coefficient (Wildman–Crippen LogP) is 5.58. The zero-order chi connectivity index (χ0) is 32.8. The van der Waals surface area contributed by atoms with Gasteiger partial charge in [-0.1, -0.05) is 29.5 Å². The lowest BCUT2D eigenvalue weighted by Crippen LogP contribution is -2.23. The third kappa shape index (κ3) is 8.67. The van der Waals surface area contributed by atoms with E-state index in [1.165, 1.54) is 36.0 Å². The molecule has 0 saturated heterocycles. The number of alkyl halides is 3. The largest absolute Gasteiger partial charge is 0.573 e. The topological polar surface area (TPSA) is 158 Å². The molecule has 5 rings (SSSR count). The SMILES string of the molecule is CC(=O)Nc1ccc(C2=C(C3CC3)NC(=N)/C2=C\C(=N)CCCCn2cc(C(=O)NCc3cccc(OC(F)(F)F)c3)nn2)cc1. The summed E-state index contributed by atoms with van der Waals surface area (Å²) < 4.78 is 42.8. The van der Waals surface area contributed by atoms with Crippen LogP contribution in [0.1, 0.15) is 60.6 Å². The van der Waals surface area contributed by atoms with E-state index in [2.05, 4.69) is 31.0 Å². The number of nitrogens with zero attached hydrogens (tertiary/aromatic N) is 3. The second kappa shape index (κ2) is 13.8. The van der Waals surface area contributed by atoms with Gasteiger partial charge in [0, 0.05) is 48.3 Å². The first-order valence-corrected chi connectivity index (χ1v) is 14.8. The molecule has 1 fully saturated rings. The lowest BCUT2D eigenvalue weighted by Gasteiger charge is -2.10. The van der Waals surface area contributed by atoms with Crippen LogP contribution in [0.25, 0.3) is 5.57 Å². The highest BCUT2D eigenvalue weighted by Gasteiger charge is 2.36. The van der Waals surface area contributed by atoms with Gasteiger partial charge in [0.05, 0.1) is 6.20 Å². The van der Waals surface area contributed by atoms with Crippen molar-refractivity contribution in [2.75, 3.05) is 5.32 Å². The standard InChI is InChI=1S/C32H33F3N8O3/c1-19(44)39-24-12-10-21(11-13-24)28-26(30(37)40-29(28)22-8-9-22)16-23(36)6-2-3-14-43-18-27(41-42-43)31(45)38-17-20-5-4-7-25(15-20)46-32(33,34)35/h4-5,7,10-13,15-16,18,22,36H,2-3,6,8-9,14,17H2,1H3,(H2,37,40)(H,38,45)(H,39,44)/b26-16-,36-23?. The molecule has 1 aromatic heterocycles. The number of rotatable bonds is 13. The van der Waals surface area contributed by atoms with E-state index in [1.54, 1.807) is 12.1 Å². The first-order chi connectivity index (χ1) is 21.9. The summed E-state index contributed by atoms with van der Waals surface area (Å²) in [4.78, 5) is 23.9. The van der Waals surface area contributed by atoms with Crippen molar-refractivity contribution in [3.05, 3.63) is 88.9 Å². The van der Waals surface area contributed by atoms with Crippen molar-refractivity contribution in [2.24, 2.45) is 5.92 Å². The van der Waals surface area contributed by atoms with Gasteiger partial charge in [0.25, 0.3) is 5.91 Å². The minimum atomic E-state index is -4.81. The summed E-state index contributed by atoms with van der Waals surface area (Å²) in [6, 6.07) is 12.8. The van der Waals surface area contributed by atoms with Gasteiger partial charge in [-0.15, -0.1) is 18.3 Å². The van der Waals surface area contributed by atoms with E-state index in [-0.39, 0.29) is 29.7 Å². The van der Waals surface area contributed by atoms with Gasteiger partial charge in [-0.25, -0.2) is 0 Å². The quantitative estimate of drug-likeness (QED) is 0.122. The number of hydrogen-bond donors (Lipinski definition) is 5. The van der Waals surface area contributed by atoms with Crippen LogP contribution in [0.4, 0.5) is 18.9 Å². The number of carbonyl (C=O) groups is 2. The highest BCUT2D eigenvalue weighted by molar-refractivity contribution is 6.20. The summed E-state index contributed by atoms with van der Waals surface area (Å²) in [7, 11) is 0. The Labute approximate surface area is 262 Å². The zero-order valence-corrected chi connectivity index (χ0v) is 25.0. The van der Waals surface area contributed by atoms with Crippen molar-refractivity contribution in [1.82, 2.24) is 25.6 Å². The van der Waals surface area contributed by atoms with Crippen molar-refractivity contribution >= 4 is 34.6 Å². The van der Waals surface area contributed by atoms with Crippen LogP contribution in [-0.4, -0.2) is 44.7 Å². The second-order valence-electron chi connectivity index (χ2n) is 11.1. The summed E-state index contributed by atoms with van der Waals surface area (Å²) in [6.07, 6.45) is 2.33. The molecule has 46 heavy (non-hydrogen) atoms. The molecule has 0 bridgehead atoms. The number of unbranched alkanes of at least 4 members (excludes halogenated alkanes) is 1. The number of nitrogens with one attached hydrogen (secondary N) is 5. The van der Waals surface area contributed by atoms with Gasteiger partial charge in [0.15, 0.2) is 5.69 Å². The Hall–Kier alpha value is -5.27. The third-order valence-electron chi connectivity index (χ3n) is 7.31. The Morgan fingerprint density at radius 1 is 1.15 bits per heavy atom. The van der Waals surface area contributed by atoms with Gasteiger partial charge < -0.3 is 26.1 Å². The summed E-state index contributed by atoms with van der Waals surface area (Å²) in [5, 5.41) is 33.6. The van der Waals surface area contributed by atoms with Crippen LogP contribution in [0.5, 0.6) is 5.75 Å². The smallest absolute Gasteiger partial charge is 0.406 e. The Kier molecular flexibility index (Phi) is 9.64. The molecule has 0 spiro atoms. The van der Waals surface area contributed by atoms with E-state index in [0.29, 0.717) is 54.3 Å². The maximum atomic E-state index is 12.5. The predicted molar refractivity (Wildman–Crippen MR) is 165 cm³/mol. The molecule has 3 aromatic rings. The maximum Gasteiger partial charge on any atom is 0.573 e. The first kappa shape index (κ1) is 32.1. The number of hydrogen-bond acceptors (Lipinski definition) is 7. The normalized spacial score (nSPS) is 15.6. The number of aromatic nitrogens is 3. The molecule has 1 saturated carbocycles. The summed E-state index contributed by atoms with van der Waals surface area (Å²) in [6.45, 7) is 1.90. The minimum absolute atomic E-state index is 0.0210. The van der Waals surface area contributed by atoms with Crippen molar-refractivity contribution < 1.29 is 27.5 Å². The lowest BCUT2D eigenvalue weighted by atomic mass is 9.95. The monoisotopic (exact) mass is 634 g/mol. The van der Waals surface area contributed by atoms with Crippen molar-refractivity contribution in [1.29, 1.82) is 10.8 Å². The Balaban J connectivity index is 1.12. The van der Waals surface area contributed by atoms with E-state index < -0.39 is 12.3 Å². The van der Waals surface area contributed by atoms with Crippen LogP contribution in [0.15, 0.2) is 72.1 Å². The molecule has 1 aliphatic carbocycles. The molecule has 2 heterocycles. The molecule has 2 amide bonds. The van der Waals surface area contributed by atoms with E-state index in [0.717, 1.165) is 29.7 Å². The third-order valence-corrected chi connectivity index (χ3v) is 7.31. The fourth-order valence-electron chi connectivity index (χ4n) is 5.06. The van der Waals surface area contributed by atoms with Gasteiger partial charge in [-0.05, 0) is 79.5 Å². The molecule has 240 valence electrons. The molecule has 1 aliphatic heterocycles. The molecule has 11 nitrogen and oxygen atoms in total. The average molecular weight is 635 g/mol. The number of allylic oxidation sites excluding steroid dienone is 2. The van der Waals surface area contributed by atoms with Crippen LogP contribution in [0, 0.1) is 16.7 Å². The van der Waals surface area contributed by atoms with E-state index in [9.17, 15) is 22.8 Å². The zero-order valence-electron chi connectivity index (χ0n) is 25.0. The number of amidine groups is 1. The van der Waals surface area contributed by atoms with Gasteiger partial charge in [-0.3, -0.25) is 19.7 Å². The Morgan fingerprint density at radius 3 is 2.61 bits per heavy atom. The summed E-state index contributed by atoms with van der Waals surface area (Å²) in [5.74, 6) is -0.414. The molecule has 0 atom stereocenters. The van der Waals surface area contributed by atoms with Crippen LogP contribution >= 0.6 is 0 Å². The van der Waals surface area contributed by atoms with Crippen LogP contribution in [0.2, 0.25) is 0 Å². The van der Waals surface area contributed by atoms with Crippen molar-refractivity contribution in [2.45, 2.75) is 58.5 Å². The number of ether oxygens (including phenoxy) is 1. The summed E-state index contributed by atoms with van der Waals surface area (Å²) in [5.41, 5.74) is 5.08. The van der Waals surface area contributed by atoms with Crippen LogP contribution in [-0.2, 0) is 17.9 Å². The number of aryl methyl sites for hydroxylation is 1. The van der Waals surface area contributed by atoms with Gasteiger partial charge in [0.1, 0.15) is 11.6 Å².